The zero-order valence-electron chi connectivity index (χ0n) is 13.8. The van der Waals surface area contributed by atoms with Gasteiger partial charge in [0.15, 0.2) is 0 Å². The lowest BCUT2D eigenvalue weighted by Crippen LogP contribution is -2.31. The third-order valence-corrected chi connectivity index (χ3v) is 2.42. The van der Waals surface area contributed by atoms with Crippen molar-refractivity contribution in [3.63, 3.8) is 0 Å². The molecule has 0 aromatic carbocycles. The molecular formula is C14H27N3O7. The van der Waals surface area contributed by atoms with Crippen LogP contribution in [0.3, 0.4) is 0 Å². The second kappa shape index (κ2) is 17.8. The summed E-state index contributed by atoms with van der Waals surface area (Å²) in [6, 6.07) is 0. The lowest BCUT2D eigenvalue weighted by molar-refractivity contribution is -0.128. The number of amides is 2. The number of nitrogens with two attached hydrogens (primary N) is 1. The summed E-state index contributed by atoms with van der Waals surface area (Å²) in [4.78, 5) is 32.5. The van der Waals surface area contributed by atoms with E-state index in [2.05, 4.69) is 10.6 Å². The van der Waals surface area contributed by atoms with E-state index < -0.39 is 0 Å². The van der Waals surface area contributed by atoms with Crippen LogP contribution in [0.4, 0.5) is 0 Å². The maximum atomic E-state index is 11.4. The Hall–Kier alpha value is -1.59. The Morgan fingerprint density at radius 1 is 0.792 bits per heavy atom. The molecule has 0 aliphatic carbocycles. The van der Waals surface area contributed by atoms with Crippen LogP contribution in [0.15, 0.2) is 0 Å². The van der Waals surface area contributed by atoms with E-state index in [9.17, 15) is 14.4 Å². The maximum absolute atomic E-state index is 11.4. The SMILES string of the molecule is NCCOCCOCC(=O)NCCOCCOCC(=O)NCC=O. The highest BCUT2D eigenvalue weighted by molar-refractivity contribution is 5.79. The van der Waals surface area contributed by atoms with E-state index in [0.717, 1.165) is 0 Å². The van der Waals surface area contributed by atoms with E-state index in [-0.39, 0.29) is 38.2 Å². The number of carbonyl (C=O) groups is 3. The van der Waals surface area contributed by atoms with Crippen molar-refractivity contribution in [1.82, 2.24) is 10.6 Å². The molecule has 0 spiro atoms. The first kappa shape index (κ1) is 22.4. The quantitative estimate of drug-likeness (QED) is 0.193. The molecule has 4 N–H and O–H groups in total. The van der Waals surface area contributed by atoms with Gasteiger partial charge in [0, 0.05) is 13.1 Å². The highest BCUT2D eigenvalue weighted by atomic mass is 16.5. The van der Waals surface area contributed by atoms with Gasteiger partial charge in [0.1, 0.15) is 19.5 Å². The molecule has 0 aliphatic heterocycles. The van der Waals surface area contributed by atoms with E-state index in [4.69, 9.17) is 24.7 Å². The van der Waals surface area contributed by atoms with Crippen LogP contribution in [0, 0.1) is 0 Å². The second-order valence-electron chi connectivity index (χ2n) is 4.44. The molecule has 0 fully saturated rings. The third-order valence-electron chi connectivity index (χ3n) is 2.42. The van der Waals surface area contributed by atoms with Crippen LogP contribution in [0.5, 0.6) is 0 Å². The zero-order chi connectivity index (χ0) is 17.9. The highest BCUT2D eigenvalue weighted by Crippen LogP contribution is 1.81. The number of hydrogen-bond acceptors (Lipinski definition) is 8. The molecule has 0 aromatic heterocycles. The molecule has 24 heavy (non-hydrogen) atoms. The van der Waals surface area contributed by atoms with Crippen LogP contribution in [-0.2, 0) is 33.3 Å². The molecule has 10 nitrogen and oxygen atoms in total. The third kappa shape index (κ3) is 16.8. The summed E-state index contributed by atoms with van der Waals surface area (Å²) in [5.41, 5.74) is 5.25. The molecule has 0 unspecified atom stereocenters. The van der Waals surface area contributed by atoms with Gasteiger partial charge in [0.25, 0.3) is 0 Å². The van der Waals surface area contributed by atoms with Crippen LogP contribution >= 0.6 is 0 Å². The van der Waals surface area contributed by atoms with Crippen LogP contribution in [-0.4, -0.2) is 90.6 Å². The van der Waals surface area contributed by atoms with Crippen molar-refractivity contribution >= 4 is 18.1 Å². The summed E-state index contributed by atoms with van der Waals surface area (Å²) in [7, 11) is 0. The first-order valence-electron chi connectivity index (χ1n) is 7.68. The summed E-state index contributed by atoms with van der Waals surface area (Å²) in [6.07, 6.45) is 0.593. The van der Waals surface area contributed by atoms with Crippen molar-refractivity contribution in [2.45, 2.75) is 0 Å². The molecule has 0 radical (unpaired) electrons. The molecular weight excluding hydrogens is 322 g/mol. The van der Waals surface area contributed by atoms with E-state index in [1.807, 2.05) is 0 Å². The molecule has 10 heteroatoms. The van der Waals surface area contributed by atoms with Crippen LogP contribution in [0.1, 0.15) is 0 Å². The normalized spacial score (nSPS) is 10.4. The number of carbonyl (C=O) groups excluding carboxylic acids is 3. The molecule has 0 rings (SSSR count). The lowest BCUT2D eigenvalue weighted by atomic mass is 10.5. The monoisotopic (exact) mass is 349 g/mol. The average molecular weight is 349 g/mol. The molecule has 0 heterocycles. The number of rotatable bonds is 17. The van der Waals surface area contributed by atoms with Gasteiger partial charge < -0.3 is 40.1 Å². The van der Waals surface area contributed by atoms with Crippen LogP contribution < -0.4 is 16.4 Å². The first-order chi connectivity index (χ1) is 11.7. The van der Waals surface area contributed by atoms with Gasteiger partial charge in [0.2, 0.25) is 11.8 Å². The molecule has 140 valence electrons. The molecule has 0 atom stereocenters. The molecule has 0 bridgehead atoms. The molecule has 0 aromatic rings. The minimum absolute atomic E-state index is 0.0250. The second-order valence-corrected chi connectivity index (χ2v) is 4.44. The fraction of sp³-hybridized carbons (Fsp3) is 0.786. The van der Waals surface area contributed by atoms with E-state index in [1.54, 1.807) is 0 Å². The zero-order valence-corrected chi connectivity index (χ0v) is 13.8. The van der Waals surface area contributed by atoms with Crippen molar-refractivity contribution in [3.8, 4) is 0 Å². The number of nitrogens with one attached hydrogen (secondary N) is 2. The van der Waals surface area contributed by atoms with Crippen molar-refractivity contribution in [1.29, 1.82) is 0 Å². The predicted molar refractivity (Wildman–Crippen MR) is 84.4 cm³/mol. The molecule has 0 saturated carbocycles. The Morgan fingerprint density at radius 2 is 1.33 bits per heavy atom. The fourth-order valence-electron chi connectivity index (χ4n) is 1.37. The molecule has 0 saturated heterocycles. The number of hydrogen-bond donors (Lipinski definition) is 3. The van der Waals surface area contributed by atoms with Gasteiger partial charge in [-0.2, -0.15) is 0 Å². The smallest absolute Gasteiger partial charge is 0.246 e. The largest absolute Gasteiger partial charge is 0.378 e. The van der Waals surface area contributed by atoms with Crippen LogP contribution in [0.2, 0.25) is 0 Å². The summed E-state index contributed by atoms with van der Waals surface area (Å²) >= 11 is 0. The minimum atomic E-state index is -0.359. The lowest BCUT2D eigenvalue weighted by Gasteiger charge is -2.08. The first-order valence-corrected chi connectivity index (χ1v) is 7.68. The predicted octanol–water partition coefficient (Wildman–Crippen LogP) is -2.56. The summed E-state index contributed by atoms with van der Waals surface area (Å²) < 4.78 is 20.4. The average Bonchev–Trinajstić information content (AvgIpc) is 2.58. The Labute approximate surface area is 141 Å². The van der Waals surface area contributed by atoms with Gasteiger partial charge in [0.05, 0.1) is 46.2 Å². The van der Waals surface area contributed by atoms with Gasteiger partial charge >= 0.3 is 0 Å². The maximum Gasteiger partial charge on any atom is 0.246 e. The van der Waals surface area contributed by atoms with E-state index in [1.165, 1.54) is 0 Å². The van der Waals surface area contributed by atoms with Crippen LogP contribution in [0.25, 0.3) is 0 Å². The fourth-order valence-corrected chi connectivity index (χ4v) is 1.37. The van der Waals surface area contributed by atoms with Gasteiger partial charge in [-0.1, -0.05) is 0 Å². The Morgan fingerprint density at radius 3 is 1.92 bits per heavy atom. The topological polar surface area (TPSA) is 138 Å². The highest BCUT2D eigenvalue weighted by Gasteiger charge is 2.01. The minimum Gasteiger partial charge on any atom is -0.378 e. The molecule has 2 amide bonds. The van der Waals surface area contributed by atoms with Crippen molar-refractivity contribution in [2.75, 3.05) is 72.5 Å². The van der Waals surface area contributed by atoms with E-state index in [0.29, 0.717) is 52.4 Å². The summed E-state index contributed by atoms with van der Waals surface area (Å²) in [6.45, 7) is 2.70. The number of ether oxygens (including phenoxy) is 4. The van der Waals surface area contributed by atoms with Gasteiger partial charge in [-0.15, -0.1) is 0 Å². The van der Waals surface area contributed by atoms with Gasteiger partial charge in [-0.3, -0.25) is 9.59 Å². The Kier molecular flexibility index (Phi) is 16.6. The van der Waals surface area contributed by atoms with Crippen molar-refractivity contribution in [2.24, 2.45) is 5.73 Å². The van der Waals surface area contributed by atoms with Crippen molar-refractivity contribution in [3.05, 3.63) is 0 Å². The van der Waals surface area contributed by atoms with Crippen molar-refractivity contribution < 1.29 is 33.3 Å². The van der Waals surface area contributed by atoms with Gasteiger partial charge in [-0.25, -0.2) is 0 Å². The summed E-state index contributed by atoms with van der Waals surface area (Å²) in [5, 5.41) is 4.97. The number of aldehydes is 1. The standard InChI is InChI=1S/C14H27N3O7/c15-1-5-21-7-9-23-12-14(20)17-3-6-22-8-10-24-11-13(19)16-2-4-18/h4H,1-3,5-12,15H2,(H,16,19)(H,17,20). The van der Waals surface area contributed by atoms with Gasteiger partial charge in [-0.05, 0) is 0 Å². The summed E-state index contributed by atoms with van der Waals surface area (Å²) in [5.74, 6) is -0.594. The Bertz CT molecular complexity index is 342. The molecule has 0 aliphatic rings. The Balaban J connectivity index is 3.24. The van der Waals surface area contributed by atoms with E-state index >= 15 is 0 Å².